The van der Waals surface area contributed by atoms with Crippen molar-refractivity contribution < 1.29 is 33.8 Å². The molecule has 0 aromatic carbocycles. The van der Waals surface area contributed by atoms with Gasteiger partial charge in [0.15, 0.2) is 18.0 Å². The highest BCUT2D eigenvalue weighted by atomic mass is 35.5. The van der Waals surface area contributed by atoms with Crippen LogP contribution in [0.4, 0.5) is 0 Å². The van der Waals surface area contributed by atoms with Crippen molar-refractivity contribution in [2.24, 2.45) is 34.5 Å². The van der Waals surface area contributed by atoms with E-state index in [1.54, 1.807) is 26.0 Å². The largest absolute Gasteiger partial charge is 0.457 e. The van der Waals surface area contributed by atoms with E-state index in [-0.39, 0.29) is 54.1 Å². The van der Waals surface area contributed by atoms with Crippen molar-refractivity contribution in [2.45, 2.75) is 83.8 Å². The quantitative estimate of drug-likeness (QED) is 0.417. The lowest BCUT2D eigenvalue weighted by molar-refractivity contribution is -0.205. The van der Waals surface area contributed by atoms with Crippen LogP contribution < -0.4 is 0 Å². The van der Waals surface area contributed by atoms with Crippen molar-refractivity contribution in [1.82, 2.24) is 0 Å². The van der Waals surface area contributed by atoms with E-state index in [9.17, 15) is 24.3 Å². The number of carbonyl (C=O) groups is 4. The smallest absolute Gasteiger partial charge is 0.306 e. The van der Waals surface area contributed by atoms with E-state index in [4.69, 9.17) is 21.1 Å². The minimum atomic E-state index is -1.54. The second-order valence-corrected chi connectivity index (χ2v) is 12.0. The van der Waals surface area contributed by atoms with Gasteiger partial charge in [-0.15, -0.1) is 11.6 Å². The van der Waals surface area contributed by atoms with Crippen LogP contribution in [0.5, 0.6) is 0 Å². The van der Waals surface area contributed by atoms with E-state index < -0.39 is 46.9 Å². The first-order valence-corrected chi connectivity index (χ1v) is 13.5. The Morgan fingerprint density at radius 3 is 2.47 bits per heavy atom. The number of aliphatic hydroxyl groups is 1. The predicted octanol–water partition coefficient (Wildman–Crippen LogP) is 3.94. The van der Waals surface area contributed by atoms with Crippen LogP contribution in [0.15, 0.2) is 23.8 Å². The fourth-order valence-corrected chi connectivity index (χ4v) is 8.54. The Kier molecular flexibility index (Phi) is 7.06. The van der Waals surface area contributed by atoms with Gasteiger partial charge in [0.05, 0.1) is 6.10 Å². The number of aliphatic hydroxyl groups excluding tert-OH is 1. The molecular formula is C28H37ClO7. The van der Waals surface area contributed by atoms with Gasteiger partial charge in [-0.1, -0.05) is 46.3 Å². The maximum Gasteiger partial charge on any atom is 0.306 e. The van der Waals surface area contributed by atoms with Crippen molar-refractivity contribution in [3.63, 3.8) is 0 Å². The molecule has 36 heavy (non-hydrogen) atoms. The monoisotopic (exact) mass is 520 g/mol. The summed E-state index contributed by atoms with van der Waals surface area (Å²) in [6.07, 6.45) is 5.79. The topological polar surface area (TPSA) is 107 Å². The summed E-state index contributed by atoms with van der Waals surface area (Å²) in [7, 11) is 0. The van der Waals surface area contributed by atoms with Gasteiger partial charge in [-0.25, -0.2) is 0 Å². The number of allylic oxidation sites excluding steroid dienone is 4. The molecule has 0 aliphatic heterocycles. The molecule has 3 fully saturated rings. The number of fused-ring (bicyclic) bond motifs is 5. The third-order valence-corrected chi connectivity index (χ3v) is 10.1. The Morgan fingerprint density at radius 2 is 1.83 bits per heavy atom. The lowest BCUT2D eigenvalue weighted by Gasteiger charge is -2.61. The molecule has 198 valence electrons. The number of carbonyl (C=O) groups excluding carboxylic acids is 4. The highest BCUT2D eigenvalue weighted by Gasteiger charge is 2.73. The average molecular weight is 521 g/mol. The van der Waals surface area contributed by atoms with Crippen LogP contribution in [-0.2, 0) is 28.7 Å². The number of Topliss-reactive ketones (excluding diaryl/α,β-unsaturated/α-hetero) is 1. The highest BCUT2D eigenvalue weighted by Crippen LogP contribution is 2.69. The molecule has 4 aliphatic rings. The van der Waals surface area contributed by atoms with E-state index in [1.165, 1.54) is 0 Å². The van der Waals surface area contributed by atoms with Gasteiger partial charge in [-0.2, -0.15) is 0 Å². The molecule has 3 saturated carbocycles. The van der Waals surface area contributed by atoms with Crippen LogP contribution in [-0.4, -0.2) is 52.3 Å². The molecule has 1 N–H and O–H groups in total. The molecule has 0 saturated heterocycles. The molecule has 0 heterocycles. The summed E-state index contributed by atoms with van der Waals surface area (Å²) in [4.78, 5) is 50.5. The molecule has 0 amide bonds. The third kappa shape index (κ3) is 3.80. The van der Waals surface area contributed by atoms with E-state index in [1.807, 2.05) is 26.8 Å². The number of hydrogen-bond acceptors (Lipinski definition) is 7. The van der Waals surface area contributed by atoms with E-state index >= 15 is 0 Å². The van der Waals surface area contributed by atoms with Crippen molar-refractivity contribution >= 4 is 35.1 Å². The van der Waals surface area contributed by atoms with E-state index in [2.05, 4.69) is 0 Å². The van der Waals surface area contributed by atoms with E-state index in [0.717, 1.165) is 5.57 Å². The van der Waals surface area contributed by atoms with Gasteiger partial charge in [-0.05, 0) is 43.3 Å². The molecule has 0 radical (unpaired) electrons. The highest BCUT2D eigenvalue weighted by molar-refractivity contribution is 6.21. The molecule has 3 unspecified atom stereocenters. The van der Waals surface area contributed by atoms with Crippen LogP contribution in [0.3, 0.4) is 0 Å². The molecule has 0 bridgehead atoms. The molecule has 9 atom stereocenters. The number of ether oxygens (including phenoxy) is 2. The first kappa shape index (κ1) is 27.1. The zero-order chi connectivity index (χ0) is 26.6. The van der Waals surface area contributed by atoms with Gasteiger partial charge in [0.25, 0.3) is 0 Å². The Bertz CT molecular complexity index is 1030. The molecule has 8 heteroatoms. The second-order valence-electron chi connectivity index (χ2n) is 11.4. The third-order valence-electron chi connectivity index (χ3n) is 9.65. The maximum absolute atomic E-state index is 13.9. The Hall–Kier alpha value is -1.99. The second kappa shape index (κ2) is 9.39. The molecular weight excluding hydrogens is 484 g/mol. The van der Waals surface area contributed by atoms with Gasteiger partial charge in [-0.3, -0.25) is 19.2 Å². The summed E-state index contributed by atoms with van der Waals surface area (Å²) < 4.78 is 11.3. The zero-order valence-electron chi connectivity index (χ0n) is 21.7. The summed E-state index contributed by atoms with van der Waals surface area (Å²) in [5.74, 6) is -2.44. The summed E-state index contributed by atoms with van der Waals surface area (Å²) >= 11 is 7.04. The minimum Gasteiger partial charge on any atom is -0.457 e. The van der Waals surface area contributed by atoms with Gasteiger partial charge in [0.2, 0.25) is 5.78 Å². The van der Waals surface area contributed by atoms with Crippen LogP contribution in [0, 0.1) is 34.5 Å². The SMILES string of the molecule is CCC(=O)OCC(=O)[C@@]1(OC(=O)CC)[C@H](C)CC2C3C([C@@H](O)C[C@@]21C)[C@@]1(C)C=CC(=O)C=C1C[C@H]3Cl. The van der Waals surface area contributed by atoms with Gasteiger partial charge >= 0.3 is 11.9 Å². The van der Waals surface area contributed by atoms with Crippen molar-refractivity contribution in [1.29, 1.82) is 0 Å². The Morgan fingerprint density at radius 1 is 1.17 bits per heavy atom. The molecule has 7 nitrogen and oxygen atoms in total. The van der Waals surface area contributed by atoms with Crippen LogP contribution in [0.25, 0.3) is 0 Å². The lowest BCUT2D eigenvalue weighted by atomic mass is 9.46. The number of rotatable bonds is 6. The first-order chi connectivity index (χ1) is 16.9. The maximum atomic E-state index is 13.9. The molecule has 4 rings (SSSR count). The van der Waals surface area contributed by atoms with E-state index in [0.29, 0.717) is 12.8 Å². The minimum absolute atomic E-state index is 0.0767. The molecule has 0 spiro atoms. The summed E-state index contributed by atoms with van der Waals surface area (Å²) in [6, 6.07) is 0. The number of alkyl halides is 1. The van der Waals surface area contributed by atoms with Crippen LogP contribution in [0.2, 0.25) is 0 Å². The molecule has 0 aromatic heterocycles. The average Bonchev–Trinajstić information content (AvgIpc) is 3.04. The number of hydrogen-bond donors (Lipinski definition) is 1. The molecule has 0 aromatic rings. The summed E-state index contributed by atoms with van der Waals surface area (Å²) in [5.41, 5.74) is -2.06. The molecule has 4 aliphatic carbocycles. The number of ketones is 2. The fourth-order valence-electron chi connectivity index (χ4n) is 8.04. The van der Waals surface area contributed by atoms with Gasteiger partial charge in [0, 0.05) is 40.9 Å². The summed E-state index contributed by atoms with van der Waals surface area (Å²) in [5, 5.41) is 11.4. The van der Waals surface area contributed by atoms with Gasteiger partial charge in [0.1, 0.15) is 0 Å². The lowest BCUT2D eigenvalue weighted by Crippen LogP contribution is -2.65. The predicted molar refractivity (Wildman–Crippen MR) is 133 cm³/mol. The summed E-state index contributed by atoms with van der Waals surface area (Å²) in [6.45, 7) is 8.69. The normalized spacial score (nSPS) is 43.1. The Labute approximate surface area is 217 Å². The van der Waals surface area contributed by atoms with Crippen molar-refractivity contribution in [3.8, 4) is 0 Å². The van der Waals surface area contributed by atoms with Gasteiger partial charge < -0.3 is 14.6 Å². The number of esters is 2. The van der Waals surface area contributed by atoms with Crippen molar-refractivity contribution in [2.75, 3.05) is 6.61 Å². The fraction of sp³-hybridized carbons (Fsp3) is 0.714. The standard InChI is InChI=1S/C28H37ClO7/c1-6-22(33)35-14-21(32)28(36-23(34)7-2)15(3)10-18-24-19(29)12-16-11-17(30)8-9-26(16,4)25(24)20(31)13-27(18,28)5/h8-9,11,15,18-20,24-25,31H,6-7,10,12-14H2,1-5H3/t15-,18?,19-,20+,24?,25?,26+,27+,28+/m1/s1. The van der Waals surface area contributed by atoms with Crippen molar-refractivity contribution in [3.05, 3.63) is 23.8 Å². The Balaban J connectivity index is 1.79. The number of halogens is 1. The first-order valence-electron chi connectivity index (χ1n) is 13.0. The zero-order valence-corrected chi connectivity index (χ0v) is 22.5. The van der Waals surface area contributed by atoms with Crippen LogP contribution in [0.1, 0.15) is 66.7 Å². The van der Waals surface area contributed by atoms with Crippen LogP contribution >= 0.6 is 11.6 Å².